The summed E-state index contributed by atoms with van der Waals surface area (Å²) in [6.45, 7) is 2.00. The van der Waals surface area contributed by atoms with Crippen LogP contribution in [0.25, 0.3) is 22.4 Å². The lowest BCUT2D eigenvalue weighted by Crippen LogP contribution is -2.00. The summed E-state index contributed by atoms with van der Waals surface area (Å²) in [5.74, 6) is 0.640. The molecule has 1 aromatic heterocycles. The van der Waals surface area contributed by atoms with Gasteiger partial charge in [0.1, 0.15) is 11.6 Å². The van der Waals surface area contributed by atoms with Gasteiger partial charge < -0.3 is 10.3 Å². The fraction of sp³-hybridized carbons (Fsp3) is 0.235. The molecule has 1 heterocycles. The van der Waals surface area contributed by atoms with Crippen molar-refractivity contribution in [1.29, 1.82) is 0 Å². The molecule has 0 radical (unpaired) electrons. The number of fused-ring (bicyclic) bond motifs is 1. The van der Waals surface area contributed by atoms with Gasteiger partial charge in [-0.1, -0.05) is 12.1 Å². The van der Waals surface area contributed by atoms with E-state index in [0.29, 0.717) is 11.6 Å². The number of nitrogen functional groups attached to an aromatic ring is 1. The van der Waals surface area contributed by atoms with E-state index in [1.165, 1.54) is 12.1 Å². The summed E-state index contributed by atoms with van der Waals surface area (Å²) in [6, 6.07) is 11.1. The lowest BCUT2D eigenvalue weighted by molar-refractivity contribution is 0.629. The second kappa shape index (κ2) is 4.32. The molecule has 21 heavy (non-hydrogen) atoms. The predicted molar refractivity (Wildman–Crippen MR) is 82.5 cm³/mol. The zero-order chi connectivity index (χ0) is 14.6. The average molecular weight is 281 g/mol. The molecular formula is C17H16FN3. The Morgan fingerprint density at radius 1 is 1.24 bits per heavy atom. The van der Waals surface area contributed by atoms with Gasteiger partial charge in [-0.15, -0.1) is 0 Å². The molecule has 0 aliphatic heterocycles. The molecule has 1 aliphatic carbocycles. The highest BCUT2D eigenvalue weighted by Crippen LogP contribution is 2.42. The van der Waals surface area contributed by atoms with Gasteiger partial charge in [0.05, 0.1) is 11.0 Å². The first-order valence-corrected chi connectivity index (χ1v) is 7.18. The molecule has 0 amide bonds. The van der Waals surface area contributed by atoms with Crippen molar-refractivity contribution in [2.24, 2.45) is 0 Å². The third-order valence-electron chi connectivity index (χ3n) is 4.18. The van der Waals surface area contributed by atoms with Crippen LogP contribution in [0.3, 0.4) is 0 Å². The van der Waals surface area contributed by atoms with Gasteiger partial charge in [0.15, 0.2) is 0 Å². The number of halogens is 1. The molecule has 0 spiro atoms. The quantitative estimate of drug-likeness (QED) is 0.720. The number of rotatable bonds is 2. The molecule has 2 aromatic carbocycles. The van der Waals surface area contributed by atoms with E-state index < -0.39 is 0 Å². The molecular weight excluding hydrogens is 265 g/mol. The van der Waals surface area contributed by atoms with Crippen LogP contribution in [-0.2, 0) is 0 Å². The molecule has 3 nitrogen and oxygen atoms in total. The third-order valence-corrected chi connectivity index (χ3v) is 4.18. The van der Waals surface area contributed by atoms with E-state index in [4.69, 9.17) is 5.73 Å². The Morgan fingerprint density at radius 2 is 2.05 bits per heavy atom. The SMILES string of the molecule is Cc1c(N)cccc1-c1nc2cc(F)ccc2n1C1CC1. The number of anilines is 1. The Kier molecular flexibility index (Phi) is 2.55. The summed E-state index contributed by atoms with van der Waals surface area (Å²) in [5.41, 5.74) is 10.5. The van der Waals surface area contributed by atoms with Crippen molar-refractivity contribution < 1.29 is 4.39 Å². The van der Waals surface area contributed by atoms with E-state index in [-0.39, 0.29) is 5.82 Å². The maximum atomic E-state index is 13.5. The molecule has 0 unspecified atom stereocenters. The summed E-state index contributed by atoms with van der Waals surface area (Å²) in [5, 5.41) is 0. The first kappa shape index (κ1) is 12.4. The molecule has 106 valence electrons. The van der Waals surface area contributed by atoms with Gasteiger partial charge >= 0.3 is 0 Å². The molecule has 0 atom stereocenters. The van der Waals surface area contributed by atoms with Gasteiger partial charge in [0.25, 0.3) is 0 Å². The largest absolute Gasteiger partial charge is 0.398 e. The number of imidazole rings is 1. The van der Waals surface area contributed by atoms with Crippen molar-refractivity contribution in [3.05, 3.63) is 47.8 Å². The number of nitrogens with two attached hydrogens (primary N) is 1. The van der Waals surface area contributed by atoms with Crippen LogP contribution in [0, 0.1) is 12.7 Å². The van der Waals surface area contributed by atoms with Crippen molar-refractivity contribution >= 4 is 16.7 Å². The Balaban J connectivity index is 2.03. The molecule has 4 rings (SSSR count). The number of hydrogen-bond acceptors (Lipinski definition) is 2. The highest BCUT2D eigenvalue weighted by atomic mass is 19.1. The average Bonchev–Trinajstić information content (AvgIpc) is 3.23. The molecule has 1 fully saturated rings. The van der Waals surface area contributed by atoms with Crippen LogP contribution in [0.15, 0.2) is 36.4 Å². The van der Waals surface area contributed by atoms with E-state index in [1.54, 1.807) is 0 Å². The monoisotopic (exact) mass is 281 g/mol. The van der Waals surface area contributed by atoms with Crippen molar-refractivity contribution in [3.8, 4) is 11.4 Å². The van der Waals surface area contributed by atoms with Crippen molar-refractivity contribution in [2.45, 2.75) is 25.8 Å². The fourth-order valence-electron chi connectivity index (χ4n) is 2.86. The summed E-state index contributed by atoms with van der Waals surface area (Å²) in [7, 11) is 0. The first-order valence-electron chi connectivity index (χ1n) is 7.18. The summed E-state index contributed by atoms with van der Waals surface area (Å²) >= 11 is 0. The standard InChI is InChI=1S/C17H16FN3/c1-10-13(3-2-4-14(10)19)17-20-15-9-11(18)5-8-16(15)21(17)12-6-7-12/h2-5,8-9,12H,6-7,19H2,1H3. The summed E-state index contributed by atoms with van der Waals surface area (Å²) in [6.07, 6.45) is 2.30. The molecule has 1 aliphatic rings. The minimum absolute atomic E-state index is 0.251. The van der Waals surface area contributed by atoms with E-state index in [9.17, 15) is 4.39 Å². The minimum atomic E-state index is -0.251. The maximum Gasteiger partial charge on any atom is 0.141 e. The van der Waals surface area contributed by atoms with Gasteiger partial charge in [-0.2, -0.15) is 0 Å². The molecule has 3 aromatic rings. The van der Waals surface area contributed by atoms with E-state index >= 15 is 0 Å². The van der Waals surface area contributed by atoms with E-state index in [0.717, 1.165) is 41.0 Å². The van der Waals surface area contributed by atoms with Crippen LogP contribution < -0.4 is 5.73 Å². The molecule has 2 N–H and O–H groups in total. The second-order valence-corrected chi connectivity index (χ2v) is 5.69. The van der Waals surface area contributed by atoms with E-state index in [2.05, 4.69) is 9.55 Å². The van der Waals surface area contributed by atoms with Crippen LogP contribution in [-0.4, -0.2) is 9.55 Å². The molecule has 0 bridgehead atoms. The van der Waals surface area contributed by atoms with Gasteiger partial charge in [0.2, 0.25) is 0 Å². The molecule has 0 saturated heterocycles. The van der Waals surface area contributed by atoms with Gasteiger partial charge in [-0.3, -0.25) is 0 Å². The van der Waals surface area contributed by atoms with Gasteiger partial charge in [-0.25, -0.2) is 9.37 Å². The first-order chi connectivity index (χ1) is 10.1. The molecule has 4 heteroatoms. The topological polar surface area (TPSA) is 43.8 Å². The van der Waals surface area contributed by atoms with Crippen LogP contribution >= 0.6 is 0 Å². The van der Waals surface area contributed by atoms with E-state index in [1.807, 2.05) is 31.2 Å². The third kappa shape index (κ3) is 1.90. The normalized spacial score (nSPS) is 14.8. The lowest BCUT2D eigenvalue weighted by Gasteiger charge is -2.11. The highest BCUT2D eigenvalue weighted by molar-refractivity contribution is 5.82. The van der Waals surface area contributed by atoms with Crippen molar-refractivity contribution in [2.75, 3.05) is 5.73 Å². The zero-order valence-electron chi connectivity index (χ0n) is 11.8. The maximum absolute atomic E-state index is 13.5. The van der Waals surface area contributed by atoms with Crippen LogP contribution in [0.2, 0.25) is 0 Å². The number of benzene rings is 2. The Bertz CT molecular complexity index is 847. The van der Waals surface area contributed by atoms with Crippen LogP contribution in [0.1, 0.15) is 24.4 Å². The van der Waals surface area contributed by atoms with Crippen molar-refractivity contribution in [1.82, 2.24) is 9.55 Å². The number of hydrogen-bond donors (Lipinski definition) is 1. The highest BCUT2D eigenvalue weighted by Gasteiger charge is 2.29. The Morgan fingerprint density at radius 3 is 2.81 bits per heavy atom. The predicted octanol–water partition coefficient (Wildman–Crippen LogP) is 4.07. The Hall–Kier alpha value is -2.36. The Labute approximate surface area is 122 Å². The summed E-state index contributed by atoms with van der Waals surface area (Å²) in [4.78, 5) is 4.67. The molecule has 1 saturated carbocycles. The fourth-order valence-corrected chi connectivity index (χ4v) is 2.86. The zero-order valence-corrected chi connectivity index (χ0v) is 11.8. The smallest absolute Gasteiger partial charge is 0.141 e. The number of aromatic nitrogens is 2. The minimum Gasteiger partial charge on any atom is -0.398 e. The van der Waals surface area contributed by atoms with Gasteiger partial charge in [0, 0.05) is 23.4 Å². The summed E-state index contributed by atoms with van der Waals surface area (Å²) < 4.78 is 15.7. The number of nitrogens with zero attached hydrogens (tertiary/aromatic N) is 2. The van der Waals surface area contributed by atoms with Crippen molar-refractivity contribution in [3.63, 3.8) is 0 Å². The van der Waals surface area contributed by atoms with Crippen LogP contribution in [0.5, 0.6) is 0 Å². The van der Waals surface area contributed by atoms with Gasteiger partial charge in [-0.05, 0) is 43.5 Å². The second-order valence-electron chi connectivity index (χ2n) is 5.69. The lowest BCUT2D eigenvalue weighted by atomic mass is 10.1. The van der Waals surface area contributed by atoms with Crippen LogP contribution in [0.4, 0.5) is 10.1 Å².